The molecule has 2 rings (SSSR count). The number of nitrogens with zero attached hydrogens (tertiary/aromatic N) is 2. The highest BCUT2D eigenvalue weighted by atomic mass is 32.1. The molecule has 0 aliphatic rings. The standard InChI is InChI=1S/C19H25N3O3S/c1-5-22(10-18(23)20-13(2)3)19(24)15-7-6-8-17(9-15)25-11-16-12-26-14(4)21-16/h6-9,12-13H,5,10-11H2,1-4H3,(H,20,23). The summed E-state index contributed by atoms with van der Waals surface area (Å²) in [4.78, 5) is 30.5. The lowest BCUT2D eigenvalue weighted by Crippen LogP contribution is -2.42. The summed E-state index contributed by atoms with van der Waals surface area (Å²) in [6.45, 7) is 8.43. The van der Waals surface area contributed by atoms with Crippen LogP contribution in [-0.4, -0.2) is 40.8 Å². The van der Waals surface area contributed by atoms with E-state index in [9.17, 15) is 9.59 Å². The number of aryl methyl sites for hydroxylation is 1. The number of amides is 2. The SMILES string of the molecule is CCN(CC(=O)NC(C)C)C(=O)c1cccc(OCc2csc(C)n2)c1. The van der Waals surface area contributed by atoms with Gasteiger partial charge in [-0.05, 0) is 45.9 Å². The fraction of sp³-hybridized carbons (Fsp3) is 0.421. The van der Waals surface area contributed by atoms with Crippen LogP contribution < -0.4 is 10.1 Å². The van der Waals surface area contributed by atoms with E-state index in [2.05, 4.69) is 10.3 Å². The fourth-order valence-electron chi connectivity index (χ4n) is 2.40. The van der Waals surface area contributed by atoms with Gasteiger partial charge < -0.3 is 15.0 Å². The predicted octanol–water partition coefficient (Wildman–Crippen LogP) is 3.02. The molecule has 0 spiro atoms. The number of benzene rings is 1. The molecular weight excluding hydrogens is 350 g/mol. The highest BCUT2D eigenvalue weighted by molar-refractivity contribution is 7.09. The van der Waals surface area contributed by atoms with E-state index in [-0.39, 0.29) is 24.4 Å². The first-order valence-electron chi connectivity index (χ1n) is 8.61. The number of carbonyl (C=O) groups is 2. The van der Waals surface area contributed by atoms with Gasteiger partial charge in [0.2, 0.25) is 5.91 Å². The molecule has 2 aromatic rings. The molecule has 1 heterocycles. The van der Waals surface area contributed by atoms with Gasteiger partial charge >= 0.3 is 0 Å². The maximum atomic E-state index is 12.7. The van der Waals surface area contributed by atoms with Gasteiger partial charge in [0.1, 0.15) is 12.4 Å². The van der Waals surface area contributed by atoms with Gasteiger partial charge in [-0.15, -0.1) is 11.3 Å². The maximum Gasteiger partial charge on any atom is 0.254 e. The Labute approximate surface area is 158 Å². The minimum absolute atomic E-state index is 0.0384. The first-order chi connectivity index (χ1) is 12.4. The van der Waals surface area contributed by atoms with Gasteiger partial charge in [-0.3, -0.25) is 9.59 Å². The van der Waals surface area contributed by atoms with Crippen molar-refractivity contribution < 1.29 is 14.3 Å². The number of aromatic nitrogens is 1. The van der Waals surface area contributed by atoms with E-state index in [4.69, 9.17) is 4.74 Å². The second-order valence-electron chi connectivity index (χ2n) is 6.22. The number of hydrogen-bond acceptors (Lipinski definition) is 5. The zero-order valence-corrected chi connectivity index (χ0v) is 16.4. The molecule has 0 unspecified atom stereocenters. The predicted molar refractivity (Wildman–Crippen MR) is 102 cm³/mol. The highest BCUT2D eigenvalue weighted by Crippen LogP contribution is 2.17. The maximum absolute atomic E-state index is 12.7. The molecule has 0 radical (unpaired) electrons. The van der Waals surface area contributed by atoms with Gasteiger partial charge in [-0.2, -0.15) is 0 Å². The summed E-state index contributed by atoms with van der Waals surface area (Å²) in [5.41, 5.74) is 1.36. The van der Waals surface area contributed by atoms with Crippen molar-refractivity contribution in [2.75, 3.05) is 13.1 Å². The van der Waals surface area contributed by atoms with Crippen LogP contribution in [0.5, 0.6) is 5.75 Å². The van der Waals surface area contributed by atoms with E-state index in [1.54, 1.807) is 35.6 Å². The van der Waals surface area contributed by atoms with E-state index >= 15 is 0 Å². The molecule has 0 aliphatic carbocycles. The number of rotatable bonds is 8. The quantitative estimate of drug-likeness (QED) is 0.770. The summed E-state index contributed by atoms with van der Waals surface area (Å²) in [6, 6.07) is 7.05. The second kappa shape index (κ2) is 9.33. The van der Waals surface area contributed by atoms with Crippen LogP contribution in [0.3, 0.4) is 0 Å². The molecule has 0 aliphatic heterocycles. The Morgan fingerprint density at radius 2 is 2.12 bits per heavy atom. The molecule has 0 atom stereocenters. The molecule has 7 heteroatoms. The summed E-state index contributed by atoms with van der Waals surface area (Å²) in [5, 5.41) is 5.75. The summed E-state index contributed by atoms with van der Waals surface area (Å²) >= 11 is 1.57. The van der Waals surface area contributed by atoms with Crippen LogP contribution in [0, 0.1) is 6.92 Å². The lowest BCUT2D eigenvalue weighted by atomic mass is 10.2. The van der Waals surface area contributed by atoms with Crippen LogP contribution in [0.15, 0.2) is 29.6 Å². The topological polar surface area (TPSA) is 71.5 Å². The molecule has 0 saturated carbocycles. The normalized spacial score (nSPS) is 10.7. The lowest BCUT2D eigenvalue weighted by molar-refractivity contribution is -0.122. The molecule has 0 fully saturated rings. The van der Waals surface area contributed by atoms with E-state index < -0.39 is 0 Å². The number of likely N-dealkylation sites (N-methyl/N-ethyl adjacent to an activating group) is 1. The molecule has 2 amide bonds. The van der Waals surface area contributed by atoms with Crippen molar-refractivity contribution in [3.05, 3.63) is 45.9 Å². The van der Waals surface area contributed by atoms with Gasteiger partial charge in [-0.1, -0.05) is 6.07 Å². The van der Waals surface area contributed by atoms with Gasteiger partial charge in [0.05, 0.1) is 17.2 Å². The Kier molecular flexibility index (Phi) is 7.15. The monoisotopic (exact) mass is 375 g/mol. The second-order valence-corrected chi connectivity index (χ2v) is 7.28. The van der Waals surface area contributed by atoms with Crippen LogP contribution in [0.4, 0.5) is 0 Å². The van der Waals surface area contributed by atoms with Crippen molar-refractivity contribution in [3.8, 4) is 5.75 Å². The van der Waals surface area contributed by atoms with Gasteiger partial charge in [0, 0.05) is 23.5 Å². The van der Waals surface area contributed by atoms with Crippen LogP contribution >= 0.6 is 11.3 Å². The third kappa shape index (κ3) is 5.84. The van der Waals surface area contributed by atoms with Crippen molar-refractivity contribution in [1.82, 2.24) is 15.2 Å². The molecule has 1 aromatic carbocycles. The largest absolute Gasteiger partial charge is 0.487 e. The van der Waals surface area contributed by atoms with Crippen LogP contribution in [-0.2, 0) is 11.4 Å². The highest BCUT2D eigenvalue weighted by Gasteiger charge is 2.18. The zero-order valence-electron chi connectivity index (χ0n) is 15.6. The summed E-state index contributed by atoms with van der Waals surface area (Å²) in [6.07, 6.45) is 0. The number of nitrogens with one attached hydrogen (secondary N) is 1. The first kappa shape index (κ1) is 19.9. The summed E-state index contributed by atoms with van der Waals surface area (Å²) in [5.74, 6) is 0.243. The molecule has 140 valence electrons. The third-order valence-corrected chi connectivity index (χ3v) is 4.41. The van der Waals surface area contributed by atoms with Crippen molar-refractivity contribution in [2.45, 2.75) is 40.3 Å². The molecule has 1 aromatic heterocycles. The van der Waals surface area contributed by atoms with E-state index in [0.29, 0.717) is 24.5 Å². The van der Waals surface area contributed by atoms with Gasteiger partial charge in [-0.25, -0.2) is 4.98 Å². The molecular formula is C19H25N3O3S. The number of thiazole rings is 1. The minimum atomic E-state index is -0.193. The third-order valence-electron chi connectivity index (χ3n) is 3.59. The number of hydrogen-bond donors (Lipinski definition) is 1. The number of ether oxygens (including phenoxy) is 1. The molecule has 26 heavy (non-hydrogen) atoms. The Balaban J connectivity index is 2.02. The first-order valence-corrected chi connectivity index (χ1v) is 9.49. The minimum Gasteiger partial charge on any atom is -0.487 e. The average Bonchev–Trinajstić information content (AvgIpc) is 3.02. The van der Waals surface area contributed by atoms with Gasteiger partial charge in [0.15, 0.2) is 0 Å². The smallest absolute Gasteiger partial charge is 0.254 e. The molecule has 1 N–H and O–H groups in total. The van der Waals surface area contributed by atoms with E-state index in [1.165, 1.54) is 4.90 Å². The average molecular weight is 375 g/mol. The summed E-state index contributed by atoms with van der Waals surface area (Å²) < 4.78 is 5.74. The fourth-order valence-corrected chi connectivity index (χ4v) is 3.00. The van der Waals surface area contributed by atoms with Crippen LogP contribution in [0.2, 0.25) is 0 Å². The zero-order chi connectivity index (χ0) is 19.1. The van der Waals surface area contributed by atoms with Crippen molar-refractivity contribution in [3.63, 3.8) is 0 Å². The lowest BCUT2D eigenvalue weighted by Gasteiger charge is -2.21. The Morgan fingerprint density at radius 3 is 2.73 bits per heavy atom. The Hall–Kier alpha value is -2.41. The van der Waals surface area contributed by atoms with Gasteiger partial charge in [0.25, 0.3) is 5.91 Å². The number of carbonyl (C=O) groups excluding carboxylic acids is 2. The Bertz CT molecular complexity index is 758. The van der Waals surface area contributed by atoms with Crippen molar-refractivity contribution >= 4 is 23.2 Å². The van der Waals surface area contributed by atoms with Crippen LogP contribution in [0.1, 0.15) is 41.8 Å². The van der Waals surface area contributed by atoms with Crippen molar-refractivity contribution in [2.24, 2.45) is 0 Å². The van der Waals surface area contributed by atoms with Crippen LogP contribution in [0.25, 0.3) is 0 Å². The van der Waals surface area contributed by atoms with E-state index in [1.807, 2.05) is 33.1 Å². The molecule has 0 bridgehead atoms. The Morgan fingerprint density at radius 1 is 1.35 bits per heavy atom. The van der Waals surface area contributed by atoms with E-state index in [0.717, 1.165) is 10.7 Å². The summed E-state index contributed by atoms with van der Waals surface area (Å²) in [7, 11) is 0. The molecule has 6 nitrogen and oxygen atoms in total. The molecule has 0 saturated heterocycles. The van der Waals surface area contributed by atoms with Crippen molar-refractivity contribution in [1.29, 1.82) is 0 Å².